The first kappa shape index (κ1) is 21.2. The Bertz CT molecular complexity index is 956. The Morgan fingerprint density at radius 3 is 2.19 bits per heavy atom. The molecular weight excluding hydrogens is 388 g/mol. The summed E-state index contributed by atoms with van der Waals surface area (Å²) in [6.07, 6.45) is -0.540. The van der Waals surface area contributed by atoms with Crippen LogP contribution >= 0.6 is 0 Å². The van der Waals surface area contributed by atoms with Gasteiger partial charge in [0.05, 0.1) is 12.8 Å². The molecule has 1 aliphatic rings. The molecule has 1 saturated heterocycles. The van der Waals surface area contributed by atoms with Gasteiger partial charge in [-0.15, -0.1) is 0 Å². The van der Waals surface area contributed by atoms with Gasteiger partial charge in [-0.3, -0.25) is 4.90 Å². The van der Waals surface area contributed by atoms with Crippen LogP contribution in [0.25, 0.3) is 11.1 Å². The van der Waals surface area contributed by atoms with E-state index < -0.39 is 6.10 Å². The zero-order valence-corrected chi connectivity index (χ0v) is 18.0. The largest absolute Gasteiger partial charge is 0.495 e. The van der Waals surface area contributed by atoms with Gasteiger partial charge in [0.15, 0.2) is 0 Å². The van der Waals surface area contributed by atoms with Crippen molar-refractivity contribution in [2.24, 2.45) is 0 Å². The lowest BCUT2D eigenvalue weighted by atomic mass is 10.1. The van der Waals surface area contributed by atoms with Crippen LogP contribution in [0.4, 0.5) is 5.69 Å². The number of ether oxygens (including phenoxy) is 2. The zero-order chi connectivity index (χ0) is 21.5. The molecule has 1 aliphatic heterocycles. The molecule has 0 aliphatic carbocycles. The van der Waals surface area contributed by atoms with E-state index >= 15 is 0 Å². The Morgan fingerprint density at radius 1 is 0.806 bits per heavy atom. The van der Waals surface area contributed by atoms with Crippen LogP contribution in [0.5, 0.6) is 11.5 Å². The van der Waals surface area contributed by atoms with Gasteiger partial charge in [0.1, 0.15) is 24.2 Å². The maximum atomic E-state index is 10.6. The quantitative estimate of drug-likeness (QED) is 0.601. The first-order valence-corrected chi connectivity index (χ1v) is 10.8. The van der Waals surface area contributed by atoms with Gasteiger partial charge < -0.3 is 19.5 Å². The van der Waals surface area contributed by atoms with E-state index in [1.54, 1.807) is 7.11 Å². The van der Waals surface area contributed by atoms with Crippen LogP contribution in [0, 0.1) is 0 Å². The number of anilines is 1. The van der Waals surface area contributed by atoms with Crippen LogP contribution in [0.3, 0.4) is 0 Å². The summed E-state index contributed by atoms with van der Waals surface area (Å²) in [7, 11) is 1.71. The van der Waals surface area contributed by atoms with Crippen LogP contribution in [-0.2, 0) is 0 Å². The number of para-hydroxylation sites is 3. The van der Waals surface area contributed by atoms with E-state index in [9.17, 15) is 5.11 Å². The number of aliphatic hydroxyl groups excluding tert-OH is 1. The monoisotopic (exact) mass is 418 g/mol. The Balaban J connectivity index is 1.29. The molecule has 0 amide bonds. The molecular formula is C26H30N2O3. The van der Waals surface area contributed by atoms with E-state index in [0.717, 1.165) is 54.5 Å². The average Bonchev–Trinajstić information content (AvgIpc) is 2.84. The summed E-state index contributed by atoms with van der Waals surface area (Å²) in [5.74, 6) is 1.70. The highest BCUT2D eigenvalue weighted by molar-refractivity contribution is 5.70. The second-order valence-electron chi connectivity index (χ2n) is 7.79. The minimum Gasteiger partial charge on any atom is -0.495 e. The second kappa shape index (κ2) is 10.3. The molecule has 1 atom stereocenters. The Hall–Kier alpha value is -3.02. The molecule has 4 rings (SSSR count). The van der Waals surface area contributed by atoms with Gasteiger partial charge in [-0.05, 0) is 23.8 Å². The molecule has 1 N–H and O–H groups in total. The summed E-state index contributed by atoms with van der Waals surface area (Å²) in [6, 6.07) is 26.3. The first-order valence-electron chi connectivity index (χ1n) is 10.8. The highest BCUT2D eigenvalue weighted by atomic mass is 16.5. The lowest BCUT2D eigenvalue weighted by Crippen LogP contribution is -2.49. The van der Waals surface area contributed by atoms with E-state index in [4.69, 9.17) is 9.47 Å². The number of rotatable bonds is 8. The Kier molecular flexibility index (Phi) is 7.07. The molecule has 162 valence electrons. The fourth-order valence-electron chi connectivity index (χ4n) is 4.05. The minimum atomic E-state index is -0.540. The molecule has 0 saturated carbocycles. The predicted octanol–water partition coefficient (Wildman–Crippen LogP) is 3.92. The predicted molar refractivity (Wildman–Crippen MR) is 125 cm³/mol. The topological polar surface area (TPSA) is 45.2 Å². The van der Waals surface area contributed by atoms with Gasteiger partial charge in [0.25, 0.3) is 0 Å². The van der Waals surface area contributed by atoms with Gasteiger partial charge in [-0.1, -0.05) is 60.7 Å². The molecule has 0 bridgehead atoms. The van der Waals surface area contributed by atoms with Gasteiger partial charge in [-0.2, -0.15) is 0 Å². The van der Waals surface area contributed by atoms with Gasteiger partial charge in [-0.25, -0.2) is 0 Å². The van der Waals surface area contributed by atoms with Crippen molar-refractivity contribution in [1.29, 1.82) is 0 Å². The van der Waals surface area contributed by atoms with Crippen molar-refractivity contribution in [2.45, 2.75) is 6.10 Å². The molecule has 1 heterocycles. The van der Waals surface area contributed by atoms with Crippen molar-refractivity contribution in [3.63, 3.8) is 0 Å². The Morgan fingerprint density at radius 2 is 1.45 bits per heavy atom. The molecule has 3 aromatic carbocycles. The molecule has 3 aromatic rings. The third kappa shape index (κ3) is 5.37. The number of hydrogen-bond acceptors (Lipinski definition) is 5. The van der Waals surface area contributed by atoms with E-state index in [-0.39, 0.29) is 6.61 Å². The number of hydrogen-bond donors (Lipinski definition) is 1. The lowest BCUT2D eigenvalue weighted by Gasteiger charge is -2.37. The lowest BCUT2D eigenvalue weighted by molar-refractivity contribution is 0.0665. The number of benzene rings is 3. The third-order valence-electron chi connectivity index (χ3n) is 5.67. The highest BCUT2D eigenvalue weighted by Gasteiger charge is 2.21. The zero-order valence-electron chi connectivity index (χ0n) is 18.0. The van der Waals surface area contributed by atoms with Crippen LogP contribution in [-0.4, -0.2) is 62.6 Å². The molecule has 0 spiro atoms. The second-order valence-corrected chi connectivity index (χ2v) is 7.79. The van der Waals surface area contributed by atoms with Crippen molar-refractivity contribution >= 4 is 5.69 Å². The summed E-state index contributed by atoms with van der Waals surface area (Å²) < 4.78 is 11.5. The summed E-state index contributed by atoms with van der Waals surface area (Å²) in [6.45, 7) is 4.49. The van der Waals surface area contributed by atoms with Crippen LogP contribution < -0.4 is 14.4 Å². The summed E-state index contributed by atoms with van der Waals surface area (Å²) >= 11 is 0. The average molecular weight is 419 g/mol. The molecule has 5 heteroatoms. The van der Waals surface area contributed by atoms with Crippen molar-refractivity contribution in [3.05, 3.63) is 78.9 Å². The van der Waals surface area contributed by atoms with Crippen molar-refractivity contribution in [2.75, 3.05) is 51.3 Å². The molecule has 1 fully saturated rings. The standard InChI is InChI=1S/C26H30N2O3/c1-30-26-14-8-6-12-24(26)28-17-15-27(16-18-28)19-22(29)20-31-25-13-7-5-11-23(25)21-9-3-2-4-10-21/h2-14,22,29H,15-20H2,1H3/t22-/m0/s1. The number of piperazine rings is 1. The molecule has 0 unspecified atom stereocenters. The number of nitrogens with zero attached hydrogens (tertiary/aromatic N) is 2. The SMILES string of the molecule is COc1ccccc1N1CCN(C[C@H](O)COc2ccccc2-c2ccccc2)CC1. The third-order valence-corrected chi connectivity index (χ3v) is 5.67. The van der Waals surface area contributed by atoms with Gasteiger partial charge in [0.2, 0.25) is 0 Å². The maximum Gasteiger partial charge on any atom is 0.142 e. The number of β-amino-alcohol motifs (C(OH)–C–C–N with tert-alkyl or cyclic N) is 1. The van der Waals surface area contributed by atoms with Crippen LogP contribution in [0.2, 0.25) is 0 Å². The van der Waals surface area contributed by atoms with Crippen LogP contribution in [0.1, 0.15) is 0 Å². The van der Waals surface area contributed by atoms with Gasteiger partial charge >= 0.3 is 0 Å². The van der Waals surface area contributed by atoms with E-state index in [1.165, 1.54) is 0 Å². The van der Waals surface area contributed by atoms with Gasteiger partial charge in [0, 0.05) is 38.3 Å². The minimum absolute atomic E-state index is 0.274. The summed E-state index contributed by atoms with van der Waals surface area (Å²) in [4.78, 5) is 4.64. The maximum absolute atomic E-state index is 10.6. The fourth-order valence-corrected chi connectivity index (χ4v) is 4.05. The molecule has 0 radical (unpaired) electrons. The smallest absolute Gasteiger partial charge is 0.142 e. The molecule has 31 heavy (non-hydrogen) atoms. The molecule has 0 aromatic heterocycles. The van der Waals surface area contributed by atoms with Crippen molar-refractivity contribution < 1.29 is 14.6 Å². The van der Waals surface area contributed by atoms with E-state index in [0.29, 0.717) is 6.54 Å². The molecule has 5 nitrogen and oxygen atoms in total. The van der Waals surface area contributed by atoms with Crippen LogP contribution in [0.15, 0.2) is 78.9 Å². The summed E-state index contributed by atoms with van der Waals surface area (Å²) in [5, 5.41) is 10.6. The number of methoxy groups -OCH3 is 1. The Labute approximate surface area is 184 Å². The fraction of sp³-hybridized carbons (Fsp3) is 0.308. The number of aliphatic hydroxyl groups is 1. The van der Waals surface area contributed by atoms with Crippen molar-refractivity contribution in [1.82, 2.24) is 4.90 Å². The van der Waals surface area contributed by atoms with E-state index in [2.05, 4.69) is 28.0 Å². The normalized spacial score (nSPS) is 15.5. The van der Waals surface area contributed by atoms with Crippen molar-refractivity contribution in [3.8, 4) is 22.6 Å². The first-order chi connectivity index (χ1) is 15.2. The highest BCUT2D eigenvalue weighted by Crippen LogP contribution is 2.30. The van der Waals surface area contributed by atoms with E-state index in [1.807, 2.05) is 60.7 Å². The summed E-state index contributed by atoms with van der Waals surface area (Å²) in [5.41, 5.74) is 3.28.